The third-order valence-electron chi connectivity index (χ3n) is 7.24. The first-order valence-electron chi connectivity index (χ1n) is 11.1. The van der Waals surface area contributed by atoms with Gasteiger partial charge in [0.15, 0.2) is 5.75 Å². The van der Waals surface area contributed by atoms with Gasteiger partial charge in [0.05, 0.1) is 5.52 Å². The average molecular weight is 402 g/mol. The molecule has 0 bridgehead atoms. The normalized spacial score (nSPS) is 18.9. The highest BCUT2D eigenvalue weighted by molar-refractivity contribution is 6.01. The van der Waals surface area contributed by atoms with E-state index in [-0.39, 0.29) is 11.5 Å². The summed E-state index contributed by atoms with van der Waals surface area (Å²) in [4.78, 5) is 17.9. The smallest absolute Gasteiger partial charge is 0.251 e. The molecule has 5 nitrogen and oxygen atoms in total. The summed E-state index contributed by atoms with van der Waals surface area (Å²) in [6.07, 6.45) is 6.08. The lowest BCUT2D eigenvalue weighted by atomic mass is 9.86. The van der Waals surface area contributed by atoms with Gasteiger partial charge in [-0.3, -0.25) is 4.79 Å². The van der Waals surface area contributed by atoms with Gasteiger partial charge >= 0.3 is 0 Å². The summed E-state index contributed by atoms with van der Waals surface area (Å²) >= 11 is 0. The van der Waals surface area contributed by atoms with Crippen LogP contribution in [0.25, 0.3) is 11.0 Å². The van der Waals surface area contributed by atoms with E-state index in [0.29, 0.717) is 5.92 Å². The largest absolute Gasteiger partial charge is 0.484 e. The summed E-state index contributed by atoms with van der Waals surface area (Å²) in [5, 5.41) is 3.15. The van der Waals surface area contributed by atoms with Gasteiger partial charge in [-0.1, -0.05) is 24.3 Å². The Bertz CT molecular complexity index is 1160. The molecule has 30 heavy (non-hydrogen) atoms. The van der Waals surface area contributed by atoms with Crippen LogP contribution in [0.5, 0.6) is 5.75 Å². The van der Waals surface area contributed by atoms with E-state index < -0.39 is 0 Å². The Morgan fingerprint density at radius 1 is 1.27 bits per heavy atom. The molecule has 1 fully saturated rings. The highest BCUT2D eigenvalue weighted by atomic mass is 16.5. The van der Waals surface area contributed by atoms with E-state index in [1.54, 1.807) is 0 Å². The van der Waals surface area contributed by atoms with Crippen LogP contribution in [0.2, 0.25) is 0 Å². The molecule has 1 amide bonds. The third kappa shape index (κ3) is 2.75. The molecule has 3 aromatic rings. The highest BCUT2D eigenvalue weighted by Gasteiger charge is 2.43. The standard InChI is InChI=1S/C25H27N3O2/c1-15-27-22-21(28(15)2)11-20(24(29)26-14-16-7-8-16)19-9-10-25(30-23(19)22)12-17-5-3-4-6-18(17)13-25/h3-6,11,16H,7-10,12-14H2,1-2H3,(H,26,29). The number of hydrogen-bond donors (Lipinski definition) is 1. The van der Waals surface area contributed by atoms with Gasteiger partial charge in [0.25, 0.3) is 5.91 Å². The van der Waals surface area contributed by atoms with Gasteiger partial charge in [-0.25, -0.2) is 4.98 Å². The first-order chi connectivity index (χ1) is 14.5. The number of nitrogens with one attached hydrogen (secondary N) is 1. The number of aryl methyl sites for hydroxylation is 2. The van der Waals surface area contributed by atoms with Crippen molar-refractivity contribution in [3.8, 4) is 5.75 Å². The Hall–Kier alpha value is -2.82. The van der Waals surface area contributed by atoms with Crippen molar-refractivity contribution in [1.82, 2.24) is 14.9 Å². The molecule has 1 N–H and O–H groups in total. The van der Waals surface area contributed by atoms with Gasteiger partial charge in [0.1, 0.15) is 16.9 Å². The number of rotatable bonds is 3. The van der Waals surface area contributed by atoms with Crippen LogP contribution >= 0.6 is 0 Å². The Labute approximate surface area is 176 Å². The SMILES string of the molecule is Cc1nc2c3c(c(C(=O)NCC4CC4)cc2n1C)CCC1(Cc2ccccc2C1)O3. The van der Waals surface area contributed by atoms with Crippen molar-refractivity contribution in [2.75, 3.05) is 6.54 Å². The predicted molar refractivity (Wildman–Crippen MR) is 116 cm³/mol. The van der Waals surface area contributed by atoms with Gasteiger partial charge in [-0.2, -0.15) is 0 Å². The Kier molecular flexibility index (Phi) is 3.80. The molecule has 1 aromatic heterocycles. The molecule has 0 radical (unpaired) electrons. The number of carbonyl (C=O) groups is 1. The lowest BCUT2D eigenvalue weighted by Crippen LogP contribution is -2.41. The molecular formula is C25H27N3O2. The number of amides is 1. The number of aromatic nitrogens is 2. The van der Waals surface area contributed by atoms with Crippen molar-refractivity contribution in [2.45, 2.75) is 51.0 Å². The van der Waals surface area contributed by atoms with Crippen LogP contribution in [0.15, 0.2) is 30.3 Å². The zero-order valence-corrected chi connectivity index (χ0v) is 17.6. The van der Waals surface area contributed by atoms with Crippen molar-refractivity contribution in [1.29, 1.82) is 0 Å². The fourth-order valence-electron chi connectivity index (χ4n) is 5.19. The maximum absolute atomic E-state index is 13.1. The number of nitrogens with zero attached hydrogens (tertiary/aromatic N) is 2. The zero-order chi connectivity index (χ0) is 20.5. The molecule has 0 atom stereocenters. The number of benzene rings is 2. The number of hydrogen-bond acceptors (Lipinski definition) is 3. The second kappa shape index (κ2) is 6.34. The van der Waals surface area contributed by atoms with Gasteiger partial charge < -0.3 is 14.6 Å². The molecule has 2 aliphatic carbocycles. The lowest BCUT2D eigenvalue weighted by Gasteiger charge is -2.36. The van der Waals surface area contributed by atoms with Gasteiger partial charge in [-0.05, 0) is 55.7 Å². The number of fused-ring (bicyclic) bond motifs is 4. The fraction of sp³-hybridized carbons (Fsp3) is 0.440. The minimum Gasteiger partial charge on any atom is -0.484 e. The predicted octanol–water partition coefficient (Wildman–Crippen LogP) is 3.88. The summed E-state index contributed by atoms with van der Waals surface area (Å²) in [6, 6.07) is 10.7. The van der Waals surface area contributed by atoms with E-state index in [9.17, 15) is 4.79 Å². The van der Waals surface area contributed by atoms with Gasteiger partial charge in [0.2, 0.25) is 0 Å². The first kappa shape index (κ1) is 18.0. The molecular weight excluding hydrogens is 374 g/mol. The van der Waals surface area contributed by atoms with Crippen LogP contribution < -0.4 is 10.1 Å². The molecule has 2 aromatic carbocycles. The van der Waals surface area contributed by atoms with Crippen LogP contribution in [-0.4, -0.2) is 27.6 Å². The van der Waals surface area contributed by atoms with Crippen molar-refractivity contribution < 1.29 is 9.53 Å². The van der Waals surface area contributed by atoms with Crippen molar-refractivity contribution >= 4 is 16.9 Å². The number of carbonyl (C=O) groups excluding carboxylic acids is 1. The summed E-state index contributed by atoms with van der Waals surface area (Å²) in [5.74, 6) is 2.43. The molecule has 154 valence electrons. The minimum absolute atomic E-state index is 0.0214. The molecule has 6 rings (SSSR count). The van der Waals surface area contributed by atoms with Crippen molar-refractivity contribution in [3.63, 3.8) is 0 Å². The van der Waals surface area contributed by atoms with E-state index in [1.807, 2.05) is 20.0 Å². The van der Waals surface area contributed by atoms with E-state index in [0.717, 1.165) is 66.0 Å². The van der Waals surface area contributed by atoms with Gasteiger partial charge in [-0.15, -0.1) is 0 Å². The number of imidazole rings is 1. The Morgan fingerprint density at radius 2 is 2.00 bits per heavy atom. The van der Waals surface area contributed by atoms with Crippen LogP contribution in [0.3, 0.4) is 0 Å². The Balaban J connectivity index is 1.44. The van der Waals surface area contributed by atoms with Crippen molar-refractivity contribution in [2.24, 2.45) is 13.0 Å². The average Bonchev–Trinajstić information content (AvgIpc) is 3.44. The molecule has 1 spiro atoms. The third-order valence-corrected chi connectivity index (χ3v) is 7.24. The molecule has 5 heteroatoms. The zero-order valence-electron chi connectivity index (χ0n) is 17.6. The van der Waals surface area contributed by atoms with E-state index in [4.69, 9.17) is 9.72 Å². The second-order valence-corrected chi connectivity index (χ2v) is 9.38. The number of ether oxygens (including phenoxy) is 1. The summed E-state index contributed by atoms with van der Waals surface area (Å²) in [6.45, 7) is 2.78. The Morgan fingerprint density at radius 3 is 2.70 bits per heavy atom. The van der Waals surface area contributed by atoms with E-state index >= 15 is 0 Å². The fourth-order valence-corrected chi connectivity index (χ4v) is 5.19. The van der Waals surface area contributed by atoms with Gasteiger partial charge in [0, 0.05) is 37.6 Å². The molecule has 1 saturated carbocycles. The topological polar surface area (TPSA) is 56.2 Å². The minimum atomic E-state index is -0.224. The quantitative estimate of drug-likeness (QED) is 0.725. The lowest BCUT2D eigenvalue weighted by molar-refractivity contribution is 0.0578. The summed E-state index contributed by atoms with van der Waals surface area (Å²) in [7, 11) is 2.01. The monoisotopic (exact) mass is 401 g/mol. The molecule has 0 unspecified atom stereocenters. The maximum atomic E-state index is 13.1. The van der Waals surface area contributed by atoms with E-state index in [2.05, 4.69) is 34.1 Å². The maximum Gasteiger partial charge on any atom is 0.251 e. The first-order valence-corrected chi connectivity index (χ1v) is 11.1. The molecule has 3 aliphatic rings. The van der Waals surface area contributed by atoms with Crippen LogP contribution in [-0.2, 0) is 26.3 Å². The summed E-state index contributed by atoms with van der Waals surface area (Å²) in [5.41, 5.74) is 6.18. The molecule has 0 saturated heterocycles. The highest BCUT2D eigenvalue weighted by Crippen LogP contribution is 2.46. The molecule has 1 aliphatic heterocycles. The molecule has 2 heterocycles. The summed E-state index contributed by atoms with van der Waals surface area (Å²) < 4.78 is 8.87. The second-order valence-electron chi connectivity index (χ2n) is 9.38. The van der Waals surface area contributed by atoms with E-state index in [1.165, 1.54) is 24.0 Å². The van der Waals surface area contributed by atoms with Crippen LogP contribution in [0, 0.1) is 12.8 Å². The van der Waals surface area contributed by atoms with Crippen LogP contribution in [0.1, 0.15) is 52.1 Å². The van der Waals surface area contributed by atoms with Crippen molar-refractivity contribution in [3.05, 3.63) is 58.4 Å². The van der Waals surface area contributed by atoms with Crippen LogP contribution in [0.4, 0.5) is 0 Å².